The SMILES string of the molecule is C=CCN1CC[C@@]23c4c5ccc(O)c4OC2C(=O)CCC3(O)C1C5. The Bertz CT molecular complexity index is 775. The van der Waals surface area contributed by atoms with Crippen LogP contribution < -0.4 is 4.74 Å². The first-order chi connectivity index (χ1) is 11.5. The lowest BCUT2D eigenvalue weighted by Gasteiger charge is -2.62. The number of benzene rings is 1. The van der Waals surface area contributed by atoms with Crippen molar-refractivity contribution < 1.29 is 19.7 Å². The highest BCUT2D eigenvalue weighted by Crippen LogP contribution is 2.64. The van der Waals surface area contributed by atoms with Gasteiger partial charge in [-0.1, -0.05) is 12.1 Å². The van der Waals surface area contributed by atoms with Gasteiger partial charge in [-0.3, -0.25) is 9.69 Å². The Morgan fingerprint density at radius 2 is 2.25 bits per heavy atom. The molecule has 0 radical (unpaired) electrons. The quantitative estimate of drug-likeness (QED) is 0.802. The van der Waals surface area contributed by atoms with Crippen molar-refractivity contribution in [3.05, 3.63) is 35.9 Å². The first kappa shape index (κ1) is 14.5. The van der Waals surface area contributed by atoms with Gasteiger partial charge in [-0.25, -0.2) is 0 Å². The van der Waals surface area contributed by atoms with Gasteiger partial charge in [-0.2, -0.15) is 0 Å². The van der Waals surface area contributed by atoms with Gasteiger partial charge in [0.2, 0.25) is 0 Å². The van der Waals surface area contributed by atoms with Gasteiger partial charge < -0.3 is 14.9 Å². The van der Waals surface area contributed by atoms with E-state index in [4.69, 9.17) is 4.74 Å². The smallest absolute Gasteiger partial charge is 0.174 e. The number of piperidine rings is 1. The molecule has 0 aromatic heterocycles. The molecule has 2 bridgehead atoms. The fraction of sp³-hybridized carbons (Fsp3) is 0.526. The molecular formula is C19H21NO4. The van der Waals surface area contributed by atoms with Gasteiger partial charge in [0.05, 0.1) is 11.0 Å². The van der Waals surface area contributed by atoms with Crippen LogP contribution in [-0.4, -0.2) is 51.7 Å². The molecular weight excluding hydrogens is 306 g/mol. The number of phenols is 1. The highest BCUT2D eigenvalue weighted by Gasteiger charge is 2.72. The van der Waals surface area contributed by atoms with Crippen LogP contribution in [0.5, 0.6) is 11.5 Å². The molecule has 5 heteroatoms. The molecule has 4 atom stereocenters. The Balaban J connectivity index is 1.80. The summed E-state index contributed by atoms with van der Waals surface area (Å²) >= 11 is 0. The normalized spacial score (nSPS) is 39.3. The number of likely N-dealkylation sites (tertiary alicyclic amines) is 1. The molecule has 1 saturated carbocycles. The van der Waals surface area contributed by atoms with E-state index in [0.717, 1.165) is 24.2 Å². The molecule has 2 aliphatic heterocycles. The third-order valence-electron chi connectivity index (χ3n) is 6.73. The number of carbonyl (C=O) groups excluding carboxylic acids is 1. The van der Waals surface area contributed by atoms with E-state index in [1.54, 1.807) is 6.07 Å². The van der Waals surface area contributed by atoms with Crippen molar-refractivity contribution in [3.8, 4) is 11.5 Å². The zero-order valence-electron chi connectivity index (χ0n) is 13.5. The Labute approximate surface area is 140 Å². The number of aliphatic hydroxyl groups is 1. The van der Waals surface area contributed by atoms with E-state index in [9.17, 15) is 15.0 Å². The predicted octanol–water partition coefficient (Wildman–Crippen LogP) is 1.30. The van der Waals surface area contributed by atoms with Crippen LogP contribution in [0.15, 0.2) is 24.8 Å². The van der Waals surface area contributed by atoms with E-state index in [0.29, 0.717) is 31.4 Å². The Morgan fingerprint density at radius 3 is 3.04 bits per heavy atom. The Morgan fingerprint density at radius 1 is 1.42 bits per heavy atom. The molecule has 2 N–H and O–H groups in total. The Kier molecular flexibility index (Phi) is 2.66. The maximum atomic E-state index is 12.6. The number of hydrogen-bond donors (Lipinski definition) is 2. The average Bonchev–Trinajstić information content (AvgIpc) is 2.91. The van der Waals surface area contributed by atoms with Crippen LogP contribution in [-0.2, 0) is 16.6 Å². The summed E-state index contributed by atoms with van der Waals surface area (Å²) in [7, 11) is 0. The minimum absolute atomic E-state index is 0.0408. The molecule has 1 aromatic carbocycles. The maximum Gasteiger partial charge on any atom is 0.174 e. The molecule has 24 heavy (non-hydrogen) atoms. The van der Waals surface area contributed by atoms with Crippen LogP contribution in [0.2, 0.25) is 0 Å². The van der Waals surface area contributed by atoms with Gasteiger partial charge in [-0.15, -0.1) is 6.58 Å². The second kappa shape index (κ2) is 4.41. The van der Waals surface area contributed by atoms with Crippen molar-refractivity contribution >= 4 is 5.78 Å². The summed E-state index contributed by atoms with van der Waals surface area (Å²) in [5.41, 5.74) is 0.256. The summed E-state index contributed by atoms with van der Waals surface area (Å²) in [6.07, 6.45) is 3.35. The zero-order valence-corrected chi connectivity index (χ0v) is 13.5. The topological polar surface area (TPSA) is 70.0 Å². The van der Waals surface area contributed by atoms with Gasteiger partial charge in [-0.05, 0) is 30.9 Å². The molecule has 2 aliphatic carbocycles. The molecule has 5 nitrogen and oxygen atoms in total. The van der Waals surface area contributed by atoms with Crippen LogP contribution in [0.1, 0.15) is 30.4 Å². The third-order valence-corrected chi connectivity index (χ3v) is 6.73. The number of ketones is 1. The first-order valence-corrected chi connectivity index (χ1v) is 8.65. The number of phenolic OH excluding ortho intramolecular Hbond substituents is 1. The minimum Gasteiger partial charge on any atom is -0.504 e. The van der Waals surface area contributed by atoms with E-state index in [2.05, 4.69) is 11.5 Å². The van der Waals surface area contributed by atoms with Crippen LogP contribution in [0.3, 0.4) is 0 Å². The highest BCUT2D eigenvalue weighted by molar-refractivity contribution is 5.90. The number of carbonyl (C=O) groups is 1. The second-order valence-corrected chi connectivity index (χ2v) is 7.56. The monoisotopic (exact) mass is 327 g/mol. The summed E-state index contributed by atoms with van der Waals surface area (Å²) in [4.78, 5) is 14.9. The lowest BCUT2D eigenvalue weighted by molar-refractivity contribution is -0.187. The van der Waals surface area contributed by atoms with E-state index in [-0.39, 0.29) is 17.6 Å². The lowest BCUT2D eigenvalue weighted by Crippen LogP contribution is -2.76. The van der Waals surface area contributed by atoms with E-state index in [1.165, 1.54) is 0 Å². The van der Waals surface area contributed by atoms with Crippen LogP contribution in [0, 0.1) is 0 Å². The van der Waals surface area contributed by atoms with Gasteiger partial charge >= 0.3 is 0 Å². The summed E-state index contributed by atoms with van der Waals surface area (Å²) in [5, 5.41) is 22.1. The maximum absolute atomic E-state index is 12.6. The molecule has 5 rings (SSSR count). The average molecular weight is 327 g/mol. The predicted molar refractivity (Wildman–Crippen MR) is 87.3 cm³/mol. The fourth-order valence-electron chi connectivity index (χ4n) is 5.80. The lowest BCUT2D eigenvalue weighted by atomic mass is 9.49. The summed E-state index contributed by atoms with van der Waals surface area (Å²) in [6.45, 7) is 5.36. The molecule has 4 aliphatic rings. The van der Waals surface area contributed by atoms with Crippen molar-refractivity contribution in [2.24, 2.45) is 0 Å². The van der Waals surface area contributed by atoms with E-state index in [1.807, 2.05) is 12.1 Å². The molecule has 2 heterocycles. The number of ether oxygens (including phenoxy) is 1. The number of aromatic hydroxyl groups is 1. The van der Waals surface area contributed by atoms with Crippen LogP contribution in [0.25, 0.3) is 0 Å². The largest absolute Gasteiger partial charge is 0.504 e. The molecule has 1 aromatic rings. The molecule has 126 valence electrons. The van der Waals surface area contributed by atoms with Gasteiger partial charge in [0, 0.05) is 31.1 Å². The standard InChI is InChI=1S/C19H21NO4/c1-2-8-20-9-7-18-15-11-3-4-12(21)16(15)24-17(18)13(22)5-6-19(18,23)14(20)10-11/h2-4,14,17,21,23H,1,5-10H2/t14?,17?,18-,19?/m1/s1. The first-order valence-electron chi connectivity index (χ1n) is 8.65. The fourth-order valence-corrected chi connectivity index (χ4v) is 5.80. The molecule has 2 fully saturated rings. The third kappa shape index (κ3) is 1.38. The molecule has 3 unspecified atom stereocenters. The number of hydrogen-bond acceptors (Lipinski definition) is 5. The molecule has 1 saturated heterocycles. The van der Waals surface area contributed by atoms with Crippen molar-refractivity contribution in [3.63, 3.8) is 0 Å². The highest BCUT2D eigenvalue weighted by atomic mass is 16.5. The molecule has 0 amide bonds. The molecule has 1 spiro atoms. The van der Waals surface area contributed by atoms with Crippen LogP contribution in [0.4, 0.5) is 0 Å². The van der Waals surface area contributed by atoms with Crippen molar-refractivity contribution in [2.45, 2.75) is 48.8 Å². The summed E-state index contributed by atoms with van der Waals surface area (Å²) in [5.74, 6) is 0.528. The van der Waals surface area contributed by atoms with Crippen molar-refractivity contribution in [1.82, 2.24) is 4.90 Å². The van der Waals surface area contributed by atoms with Crippen molar-refractivity contribution in [1.29, 1.82) is 0 Å². The van der Waals surface area contributed by atoms with Crippen molar-refractivity contribution in [2.75, 3.05) is 13.1 Å². The number of nitrogens with zero attached hydrogens (tertiary/aromatic N) is 1. The van der Waals surface area contributed by atoms with Crippen LogP contribution >= 0.6 is 0 Å². The zero-order chi connectivity index (χ0) is 16.7. The minimum atomic E-state index is -1.00. The van der Waals surface area contributed by atoms with Gasteiger partial charge in [0.15, 0.2) is 23.4 Å². The number of rotatable bonds is 2. The summed E-state index contributed by atoms with van der Waals surface area (Å²) in [6, 6.07) is 3.52. The van der Waals surface area contributed by atoms with Gasteiger partial charge in [0.1, 0.15) is 0 Å². The van der Waals surface area contributed by atoms with E-state index >= 15 is 0 Å². The summed E-state index contributed by atoms with van der Waals surface area (Å²) < 4.78 is 5.98. The second-order valence-electron chi connectivity index (χ2n) is 7.56. The Hall–Kier alpha value is -1.85. The van der Waals surface area contributed by atoms with E-state index < -0.39 is 17.1 Å². The van der Waals surface area contributed by atoms with Gasteiger partial charge in [0.25, 0.3) is 0 Å². The number of Topliss-reactive ketones (excluding diaryl/α,β-unsaturated/α-hetero) is 1.